The molecule has 0 amide bonds. The minimum absolute atomic E-state index is 0.148. The largest absolute Gasteiger partial charge is 0.435 e. The second-order valence-corrected chi connectivity index (χ2v) is 8.90. The number of benzene rings is 2. The van der Waals surface area contributed by atoms with Crippen LogP contribution in [0, 0.1) is 6.92 Å². The Hall–Kier alpha value is -3.70. The van der Waals surface area contributed by atoms with Crippen molar-refractivity contribution >= 4 is 10.0 Å². The van der Waals surface area contributed by atoms with Crippen molar-refractivity contribution in [1.29, 1.82) is 0 Å². The molecule has 0 aliphatic heterocycles. The Kier molecular flexibility index (Phi) is 5.46. The minimum atomic E-state index is -4.70. The Morgan fingerprint density at radius 3 is 2.24 bits per heavy atom. The molecule has 0 fully saturated rings. The summed E-state index contributed by atoms with van der Waals surface area (Å²) in [4.78, 5) is 14.0. The molecule has 0 bridgehead atoms. The SMILES string of the molecule is Cc1ccc(-c2cc[nH]c(=O)c2)cc1-c1cc(C(F)(F)F)nn1-c1ccc(S(N)(=O)=O)cc1. The number of H-pyrrole nitrogens is 1. The van der Waals surface area contributed by atoms with Crippen LogP contribution in [0.25, 0.3) is 28.1 Å². The third-order valence-corrected chi connectivity index (χ3v) is 5.96. The molecule has 2 aromatic heterocycles. The zero-order valence-electron chi connectivity index (χ0n) is 17.1. The maximum atomic E-state index is 13.5. The summed E-state index contributed by atoms with van der Waals surface area (Å²) in [7, 11) is -3.97. The van der Waals surface area contributed by atoms with E-state index in [1.807, 2.05) is 0 Å². The Morgan fingerprint density at radius 1 is 0.970 bits per heavy atom. The fraction of sp³-hybridized carbons (Fsp3) is 0.0909. The highest BCUT2D eigenvalue weighted by Gasteiger charge is 2.35. The van der Waals surface area contributed by atoms with Gasteiger partial charge >= 0.3 is 6.18 Å². The van der Waals surface area contributed by atoms with Crippen molar-refractivity contribution in [2.45, 2.75) is 18.0 Å². The summed E-state index contributed by atoms with van der Waals surface area (Å²) in [5.41, 5.74) is 1.32. The van der Waals surface area contributed by atoms with Crippen molar-refractivity contribution < 1.29 is 21.6 Å². The number of aromatic amines is 1. The first kappa shape index (κ1) is 22.5. The highest BCUT2D eigenvalue weighted by molar-refractivity contribution is 7.89. The van der Waals surface area contributed by atoms with Gasteiger partial charge < -0.3 is 4.98 Å². The summed E-state index contributed by atoms with van der Waals surface area (Å²) in [5.74, 6) is 0. The zero-order chi connectivity index (χ0) is 24.0. The summed E-state index contributed by atoms with van der Waals surface area (Å²) in [6, 6.07) is 14.2. The van der Waals surface area contributed by atoms with Crippen LogP contribution < -0.4 is 10.7 Å². The van der Waals surface area contributed by atoms with Gasteiger partial charge in [0, 0.05) is 17.8 Å². The molecular weight excluding hydrogens is 457 g/mol. The lowest BCUT2D eigenvalue weighted by atomic mass is 9.98. The first-order valence-electron chi connectivity index (χ1n) is 9.54. The van der Waals surface area contributed by atoms with E-state index < -0.39 is 21.9 Å². The molecule has 0 aliphatic rings. The molecule has 7 nitrogen and oxygen atoms in total. The Morgan fingerprint density at radius 2 is 1.64 bits per heavy atom. The molecular formula is C22H17F3N4O3S. The van der Waals surface area contributed by atoms with Gasteiger partial charge in [-0.1, -0.05) is 12.1 Å². The normalized spacial score (nSPS) is 12.2. The molecule has 0 saturated carbocycles. The molecule has 0 radical (unpaired) electrons. The number of alkyl halides is 3. The van der Waals surface area contributed by atoms with Crippen LogP contribution >= 0.6 is 0 Å². The van der Waals surface area contributed by atoms with Gasteiger partial charge in [0.15, 0.2) is 5.69 Å². The monoisotopic (exact) mass is 474 g/mol. The van der Waals surface area contributed by atoms with Crippen molar-refractivity contribution in [3.63, 3.8) is 0 Å². The first-order chi connectivity index (χ1) is 15.4. The van der Waals surface area contributed by atoms with Gasteiger partial charge in [-0.15, -0.1) is 0 Å². The van der Waals surface area contributed by atoms with Crippen molar-refractivity contribution in [2.75, 3.05) is 0 Å². The number of nitrogens with zero attached hydrogens (tertiary/aromatic N) is 2. The highest BCUT2D eigenvalue weighted by Crippen LogP contribution is 2.36. The van der Waals surface area contributed by atoms with E-state index in [2.05, 4.69) is 10.1 Å². The number of nitrogens with one attached hydrogen (secondary N) is 1. The fourth-order valence-electron chi connectivity index (χ4n) is 3.39. The maximum absolute atomic E-state index is 13.5. The standard InChI is InChI=1S/C22H17F3N4O3S/c1-13-2-3-14(15-8-9-27-21(30)11-15)10-18(13)19-12-20(22(23,24)25)28-29(19)16-4-6-17(7-5-16)33(26,31)32/h2-12H,1H3,(H,27,30)(H2,26,31,32). The number of hydrogen-bond donors (Lipinski definition) is 2. The number of sulfonamides is 1. The van der Waals surface area contributed by atoms with Gasteiger partial charge in [0.2, 0.25) is 15.6 Å². The van der Waals surface area contributed by atoms with Gasteiger partial charge in [-0.05, 0) is 66.1 Å². The van der Waals surface area contributed by atoms with Gasteiger partial charge in [-0.25, -0.2) is 18.2 Å². The quantitative estimate of drug-likeness (QED) is 0.468. The van der Waals surface area contributed by atoms with Crippen LogP contribution in [0.1, 0.15) is 11.3 Å². The van der Waals surface area contributed by atoms with Crippen LogP contribution in [0.2, 0.25) is 0 Å². The summed E-state index contributed by atoms with van der Waals surface area (Å²) in [6.07, 6.45) is -3.21. The van der Waals surface area contributed by atoms with E-state index in [0.29, 0.717) is 22.3 Å². The number of halogens is 3. The lowest BCUT2D eigenvalue weighted by molar-refractivity contribution is -0.141. The van der Waals surface area contributed by atoms with E-state index in [1.54, 1.807) is 31.2 Å². The zero-order valence-corrected chi connectivity index (χ0v) is 17.9. The minimum Gasteiger partial charge on any atom is -0.329 e. The van der Waals surface area contributed by atoms with Crippen molar-refractivity contribution in [2.24, 2.45) is 5.14 Å². The molecule has 33 heavy (non-hydrogen) atoms. The number of pyridine rings is 1. The van der Waals surface area contributed by atoms with Gasteiger partial charge in [0.05, 0.1) is 16.3 Å². The lowest BCUT2D eigenvalue weighted by Crippen LogP contribution is -2.12. The Labute approximate surface area is 186 Å². The fourth-order valence-corrected chi connectivity index (χ4v) is 3.90. The predicted molar refractivity (Wildman–Crippen MR) is 116 cm³/mol. The van der Waals surface area contributed by atoms with Gasteiger partial charge in [0.1, 0.15) is 0 Å². The number of rotatable bonds is 4. The van der Waals surface area contributed by atoms with E-state index in [4.69, 9.17) is 5.14 Å². The van der Waals surface area contributed by atoms with Crippen molar-refractivity contribution in [3.8, 4) is 28.1 Å². The summed E-state index contributed by atoms with van der Waals surface area (Å²) in [6.45, 7) is 1.74. The molecule has 0 atom stereocenters. The van der Waals surface area contributed by atoms with Crippen LogP contribution in [0.5, 0.6) is 0 Å². The van der Waals surface area contributed by atoms with E-state index in [0.717, 1.165) is 10.7 Å². The molecule has 0 unspecified atom stereocenters. The Balaban J connectivity index is 1.92. The molecule has 170 valence electrons. The van der Waals surface area contributed by atoms with E-state index >= 15 is 0 Å². The molecule has 11 heteroatoms. The topological polar surface area (TPSA) is 111 Å². The molecule has 3 N–H and O–H groups in total. The highest BCUT2D eigenvalue weighted by atomic mass is 32.2. The van der Waals surface area contributed by atoms with Gasteiger partial charge in [0.25, 0.3) is 0 Å². The van der Waals surface area contributed by atoms with E-state index in [-0.39, 0.29) is 21.8 Å². The molecule has 4 rings (SSSR count). The maximum Gasteiger partial charge on any atom is 0.435 e. The molecule has 0 aliphatic carbocycles. The van der Waals surface area contributed by atoms with Crippen LogP contribution in [0.15, 0.2) is 76.6 Å². The van der Waals surface area contributed by atoms with Crippen LogP contribution in [-0.4, -0.2) is 23.2 Å². The molecule has 0 spiro atoms. The van der Waals surface area contributed by atoms with Gasteiger partial charge in [-0.3, -0.25) is 4.79 Å². The van der Waals surface area contributed by atoms with E-state index in [9.17, 15) is 26.4 Å². The number of nitrogens with two attached hydrogens (primary N) is 1. The van der Waals surface area contributed by atoms with Crippen LogP contribution in [0.3, 0.4) is 0 Å². The second-order valence-electron chi connectivity index (χ2n) is 7.33. The second kappa shape index (κ2) is 8.01. The molecule has 2 aromatic carbocycles. The molecule has 0 saturated heterocycles. The Bertz CT molecular complexity index is 1510. The number of aromatic nitrogens is 3. The average Bonchev–Trinajstić information content (AvgIpc) is 3.19. The van der Waals surface area contributed by atoms with Crippen LogP contribution in [-0.2, 0) is 16.2 Å². The summed E-state index contributed by atoms with van der Waals surface area (Å²) < 4.78 is 64.7. The third-order valence-electron chi connectivity index (χ3n) is 5.03. The van der Waals surface area contributed by atoms with Crippen LogP contribution in [0.4, 0.5) is 13.2 Å². The average molecular weight is 474 g/mol. The smallest absolute Gasteiger partial charge is 0.329 e. The lowest BCUT2D eigenvalue weighted by Gasteiger charge is -2.12. The number of hydrogen-bond acceptors (Lipinski definition) is 4. The summed E-state index contributed by atoms with van der Waals surface area (Å²) >= 11 is 0. The van der Waals surface area contributed by atoms with Crippen molar-refractivity contribution in [1.82, 2.24) is 14.8 Å². The number of primary sulfonamides is 1. The molecule has 2 heterocycles. The van der Waals surface area contributed by atoms with Gasteiger partial charge in [-0.2, -0.15) is 18.3 Å². The summed E-state index contributed by atoms with van der Waals surface area (Å²) in [5, 5.41) is 8.84. The first-order valence-corrected chi connectivity index (χ1v) is 11.1. The predicted octanol–water partition coefficient (Wildman–Crippen LogP) is 3.87. The van der Waals surface area contributed by atoms with Crippen molar-refractivity contribution in [3.05, 3.63) is 88.5 Å². The third kappa shape index (κ3) is 4.59. The van der Waals surface area contributed by atoms with E-state index in [1.165, 1.54) is 36.5 Å². The number of aryl methyl sites for hydroxylation is 1. The molecule has 4 aromatic rings.